The molecule has 0 unspecified atom stereocenters. The Kier molecular flexibility index (Phi) is 5.38. The third-order valence-corrected chi connectivity index (χ3v) is 10.4. The number of hydrogen-bond acceptors (Lipinski definition) is 0. The summed E-state index contributed by atoms with van der Waals surface area (Å²) in [7, 11) is 0. The van der Waals surface area contributed by atoms with Crippen LogP contribution < -0.4 is 0 Å². The molecule has 0 saturated carbocycles. The summed E-state index contributed by atoms with van der Waals surface area (Å²) in [5.74, 6) is 0. The molecule has 0 fully saturated rings. The molecule has 3 nitrogen and oxygen atoms in total. The second kappa shape index (κ2) is 9.96. The van der Waals surface area contributed by atoms with Crippen molar-refractivity contribution in [1.82, 2.24) is 13.5 Å². The van der Waals surface area contributed by atoms with Crippen molar-refractivity contribution in [3.05, 3.63) is 176 Å². The van der Waals surface area contributed by atoms with Crippen LogP contribution >= 0.6 is 0 Å². The molecule has 3 heteroatoms. The highest BCUT2D eigenvalue weighted by molar-refractivity contribution is 6.26. The maximum atomic E-state index is 2.50. The van der Waals surface area contributed by atoms with Gasteiger partial charge in [0.2, 0.25) is 0 Å². The Balaban J connectivity index is 1.38. The molecular formula is C46H29N3. The smallest absolute Gasteiger partial charge is 0.0703 e. The van der Waals surface area contributed by atoms with Crippen molar-refractivity contribution in [3.63, 3.8) is 0 Å². The van der Waals surface area contributed by atoms with E-state index in [1.165, 1.54) is 65.2 Å². The lowest BCUT2D eigenvalue weighted by atomic mass is 10.0. The summed E-state index contributed by atoms with van der Waals surface area (Å²) in [5.41, 5.74) is 10.6. The zero-order valence-electron chi connectivity index (χ0n) is 26.6. The number of fused-ring (bicyclic) bond motifs is 12. The lowest BCUT2D eigenvalue weighted by molar-refractivity contribution is 1.14. The second-order valence-corrected chi connectivity index (χ2v) is 12.9. The summed E-state index contributed by atoms with van der Waals surface area (Å²) >= 11 is 0. The maximum Gasteiger partial charge on any atom is 0.0703 e. The lowest BCUT2D eigenvalue weighted by Crippen LogP contribution is -2.02. The molecule has 0 N–H and O–H groups in total. The minimum atomic E-state index is 1.12. The number of hydrogen-bond donors (Lipinski definition) is 0. The van der Waals surface area contributed by atoms with Gasteiger partial charge in [-0.15, -0.1) is 0 Å². The van der Waals surface area contributed by atoms with E-state index in [4.69, 9.17) is 0 Å². The van der Waals surface area contributed by atoms with Gasteiger partial charge in [0.1, 0.15) is 0 Å². The molecule has 0 aliphatic rings. The first-order chi connectivity index (χ1) is 24.3. The fourth-order valence-electron chi connectivity index (χ4n) is 8.40. The van der Waals surface area contributed by atoms with Gasteiger partial charge in [0.25, 0.3) is 0 Å². The molecule has 0 saturated heterocycles. The Morgan fingerprint density at radius 2 is 0.857 bits per heavy atom. The van der Waals surface area contributed by atoms with E-state index >= 15 is 0 Å². The summed E-state index contributed by atoms with van der Waals surface area (Å²) in [6.07, 6.45) is 0. The van der Waals surface area contributed by atoms with E-state index < -0.39 is 0 Å². The molecule has 0 bridgehead atoms. The molecule has 228 valence electrons. The number of benzene rings is 8. The van der Waals surface area contributed by atoms with Crippen molar-refractivity contribution in [2.45, 2.75) is 0 Å². The van der Waals surface area contributed by atoms with Gasteiger partial charge in [-0.1, -0.05) is 121 Å². The van der Waals surface area contributed by atoms with Crippen molar-refractivity contribution in [1.29, 1.82) is 0 Å². The molecule has 3 heterocycles. The molecular weight excluding hydrogens is 595 g/mol. The highest BCUT2D eigenvalue weighted by atomic mass is 15.0. The Labute approximate surface area is 281 Å². The highest BCUT2D eigenvalue weighted by Crippen LogP contribution is 2.41. The number of para-hydroxylation sites is 6. The van der Waals surface area contributed by atoms with Gasteiger partial charge in [-0.2, -0.15) is 0 Å². The number of rotatable bonds is 2. The molecule has 0 aliphatic heterocycles. The summed E-state index contributed by atoms with van der Waals surface area (Å²) in [6, 6.07) is 64.4. The molecule has 11 rings (SSSR count). The third kappa shape index (κ3) is 3.62. The van der Waals surface area contributed by atoms with Gasteiger partial charge >= 0.3 is 0 Å². The van der Waals surface area contributed by atoms with Crippen molar-refractivity contribution in [3.8, 4) is 11.4 Å². The third-order valence-electron chi connectivity index (χ3n) is 10.4. The summed E-state index contributed by atoms with van der Waals surface area (Å²) in [4.78, 5) is 0. The first-order valence-electron chi connectivity index (χ1n) is 16.9. The molecule has 8 aromatic carbocycles. The lowest BCUT2D eigenvalue weighted by Gasteiger charge is -2.17. The Morgan fingerprint density at radius 3 is 1.65 bits per heavy atom. The first-order valence-corrected chi connectivity index (χ1v) is 16.9. The zero-order valence-corrected chi connectivity index (χ0v) is 26.6. The van der Waals surface area contributed by atoms with E-state index in [9.17, 15) is 0 Å². The van der Waals surface area contributed by atoms with Gasteiger partial charge < -0.3 is 13.5 Å². The summed E-state index contributed by atoms with van der Waals surface area (Å²) < 4.78 is 7.37. The van der Waals surface area contributed by atoms with Gasteiger partial charge in [-0.25, -0.2) is 0 Å². The monoisotopic (exact) mass is 623 g/mol. The quantitative estimate of drug-likeness (QED) is 0.182. The number of nitrogens with zero attached hydrogens (tertiary/aromatic N) is 3. The van der Waals surface area contributed by atoms with Crippen LogP contribution in [0.2, 0.25) is 0 Å². The molecule has 0 spiro atoms. The van der Waals surface area contributed by atoms with Gasteiger partial charge in [0.15, 0.2) is 0 Å². The van der Waals surface area contributed by atoms with Crippen molar-refractivity contribution < 1.29 is 0 Å². The van der Waals surface area contributed by atoms with Crippen LogP contribution in [-0.4, -0.2) is 13.5 Å². The topological polar surface area (TPSA) is 14.3 Å². The van der Waals surface area contributed by atoms with E-state index in [0.29, 0.717) is 0 Å². The molecule has 49 heavy (non-hydrogen) atoms. The van der Waals surface area contributed by atoms with Crippen LogP contribution in [0.15, 0.2) is 176 Å². The second-order valence-electron chi connectivity index (χ2n) is 12.9. The fraction of sp³-hybridized carbons (Fsp3) is 0. The van der Waals surface area contributed by atoms with E-state index in [2.05, 4.69) is 189 Å². The van der Waals surface area contributed by atoms with E-state index in [1.807, 2.05) is 0 Å². The van der Waals surface area contributed by atoms with Crippen LogP contribution in [0.3, 0.4) is 0 Å². The summed E-state index contributed by atoms with van der Waals surface area (Å²) in [5, 5.41) is 10.0. The number of aromatic nitrogens is 3. The molecule has 11 aromatic rings. The molecule has 0 radical (unpaired) electrons. The van der Waals surface area contributed by atoms with Crippen LogP contribution in [0.25, 0.3) is 93.1 Å². The van der Waals surface area contributed by atoms with Crippen molar-refractivity contribution >= 4 is 81.7 Å². The van der Waals surface area contributed by atoms with Crippen molar-refractivity contribution in [2.24, 2.45) is 0 Å². The SMILES string of the molecule is c1ccc(-n2c3ccccc3c3ccc(-n4c5ccccc5c5cccc6c7c8ccccc8ccc7n(c7ccccc74)c56)cc32)cc1. The van der Waals surface area contributed by atoms with Crippen LogP contribution in [0.1, 0.15) is 0 Å². The van der Waals surface area contributed by atoms with Crippen LogP contribution in [0.5, 0.6) is 0 Å². The van der Waals surface area contributed by atoms with Gasteiger partial charge in [0, 0.05) is 43.7 Å². The minimum absolute atomic E-state index is 1.12. The average molecular weight is 624 g/mol. The Bertz CT molecular complexity index is 3160. The molecule has 0 aliphatic carbocycles. The highest BCUT2D eigenvalue weighted by Gasteiger charge is 2.19. The van der Waals surface area contributed by atoms with Gasteiger partial charge in [-0.3, -0.25) is 0 Å². The Hall–Kier alpha value is -6.58. The van der Waals surface area contributed by atoms with E-state index in [0.717, 1.165) is 27.9 Å². The van der Waals surface area contributed by atoms with Crippen LogP contribution in [0.4, 0.5) is 0 Å². The Morgan fingerprint density at radius 1 is 0.286 bits per heavy atom. The first kappa shape index (κ1) is 26.5. The molecule has 0 amide bonds. The standard InChI is InChI=1S/C46H29N3/c1-2-14-31(15-3-1)47-39-21-8-6-17-34(39)36-27-26-32(29-44(36)47)48-40-22-9-7-18-35(40)37-19-12-20-38-45-33-16-5-4-13-30(33)25-28-43(45)49(46(37)38)42-24-11-10-23-41(42)48/h1-29H. The maximum absolute atomic E-state index is 2.50. The molecule has 3 aromatic heterocycles. The van der Waals surface area contributed by atoms with E-state index in [1.54, 1.807) is 0 Å². The van der Waals surface area contributed by atoms with Crippen LogP contribution in [-0.2, 0) is 0 Å². The predicted octanol–water partition coefficient (Wildman–Crippen LogP) is 12.2. The van der Waals surface area contributed by atoms with Gasteiger partial charge in [-0.05, 0) is 65.4 Å². The van der Waals surface area contributed by atoms with Crippen LogP contribution in [0, 0.1) is 0 Å². The fourth-order valence-corrected chi connectivity index (χ4v) is 8.40. The largest absolute Gasteiger partial charge is 0.309 e. The van der Waals surface area contributed by atoms with E-state index in [-0.39, 0.29) is 0 Å². The average Bonchev–Trinajstić information content (AvgIpc) is 3.68. The minimum Gasteiger partial charge on any atom is -0.309 e. The molecule has 0 atom stereocenters. The zero-order chi connectivity index (χ0) is 32.1. The van der Waals surface area contributed by atoms with Crippen molar-refractivity contribution in [2.75, 3.05) is 0 Å². The van der Waals surface area contributed by atoms with Gasteiger partial charge in [0.05, 0.1) is 38.6 Å². The predicted molar refractivity (Wildman–Crippen MR) is 207 cm³/mol. The normalized spacial score (nSPS) is 12.1. The summed E-state index contributed by atoms with van der Waals surface area (Å²) in [6.45, 7) is 0.